The van der Waals surface area contributed by atoms with Gasteiger partial charge >= 0.3 is 6.03 Å². The molecule has 1 unspecified atom stereocenters. The van der Waals surface area contributed by atoms with Crippen LogP contribution in [0.1, 0.15) is 42.4 Å². The molecular weight excluding hydrogens is 384 g/mol. The van der Waals surface area contributed by atoms with E-state index < -0.39 is 5.54 Å². The van der Waals surface area contributed by atoms with Crippen molar-refractivity contribution in [3.8, 4) is 5.75 Å². The molecule has 1 aromatic heterocycles. The van der Waals surface area contributed by atoms with Gasteiger partial charge in [-0.3, -0.25) is 9.69 Å². The lowest BCUT2D eigenvalue weighted by Gasteiger charge is -2.24. The second-order valence-electron chi connectivity index (χ2n) is 8.64. The van der Waals surface area contributed by atoms with Crippen molar-refractivity contribution in [3.63, 3.8) is 0 Å². The normalized spacial score (nSPS) is 22.3. The molecule has 1 saturated heterocycles. The minimum absolute atomic E-state index is 0.198. The number of aryl methyl sites for hydroxylation is 2. The summed E-state index contributed by atoms with van der Waals surface area (Å²) in [6.45, 7) is 6.71. The molecule has 0 radical (unpaired) electrons. The maximum atomic E-state index is 13.2. The molecule has 0 bridgehead atoms. The second-order valence-corrected chi connectivity index (χ2v) is 8.64. The number of rotatable bonds is 8. The predicted molar refractivity (Wildman–Crippen MR) is 110 cm³/mol. The van der Waals surface area contributed by atoms with Crippen molar-refractivity contribution in [2.75, 3.05) is 20.3 Å². The molecule has 2 aliphatic rings. The topological polar surface area (TPSA) is 81.0 Å². The summed E-state index contributed by atoms with van der Waals surface area (Å²) in [5, 5.41) is 2.87. The van der Waals surface area contributed by atoms with Crippen LogP contribution in [0, 0.1) is 19.3 Å². The van der Waals surface area contributed by atoms with Gasteiger partial charge in [0.1, 0.15) is 22.8 Å². The molecule has 7 nitrogen and oxygen atoms in total. The number of furan rings is 1. The lowest BCUT2D eigenvalue weighted by molar-refractivity contribution is -0.131. The Morgan fingerprint density at radius 1 is 1.20 bits per heavy atom. The van der Waals surface area contributed by atoms with Gasteiger partial charge in [-0.2, -0.15) is 0 Å². The van der Waals surface area contributed by atoms with E-state index in [-0.39, 0.29) is 17.4 Å². The number of imide groups is 1. The van der Waals surface area contributed by atoms with E-state index in [0.29, 0.717) is 36.8 Å². The van der Waals surface area contributed by atoms with Crippen LogP contribution in [0.15, 0.2) is 34.7 Å². The predicted octanol–water partition coefficient (Wildman–Crippen LogP) is 3.67. The third-order valence-corrected chi connectivity index (χ3v) is 6.06. The lowest BCUT2D eigenvalue weighted by Crippen LogP contribution is -2.42. The van der Waals surface area contributed by atoms with Crippen molar-refractivity contribution in [3.05, 3.63) is 53.0 Å². The number of hydrogen-bond acceptors (Lipinski definition) is 5. The minimum Gasteiger partial charge on any atom is -0.493 e. The van der Waals surface area contributed by atoms with Crippen LogP contribution in [0.2, 0.25) is 0 Å². The quantitative estimate of drug-likeness (QED) is 0.669. The van der Waals surface area contributed by atoms with E-state index in [0.717, 1.165) is 24.2 Å². The molecule has 3 amide bonds. The highest BCUT2D eigenvalue weighted by molar-refractivity contribution is 6.07. The van der Waals surface area contributed by atoms with E-state index in [1.807, 2.05) is 44.2 Å². The van der Waals surface area contributed by atoms with Gasteiger partial charge in [-0.1, -0.05) is 12.1 Å². The molecule has 1 saturated carbocycles. The summed E-state index contributed by atoms with van der Waals surface area (Å²) in [5.41, 5.74) is 0.439. The summed E-state index contributed by atoms with van der Waals surface area (Å²) in [6, 6.07) is 9.23. The van der Waals surface area contributed by atoms with Gasteiger partial charge in [0.15, 0.2) is 0 Å². The number of urea groups is 1. The van der Waals surface area contributed by atoms with Crippen LogP contribution in [0.25, 0.3) is 0 Å². The molecule has 2 aromatic rings. The fourth-order valence-electron chi connectivity index (χ4n) is 4.14. The van der Waals surface area contributed by atoms with E-state index >= 15 is 0 Å². The number of carbonyl (C=O) groups is 2. The van der Waals surface area contributed by atoms with Crippen molar-refractivity contribution >= 4 is 11.9 Å². The van der Waals surface area contributed by atoms with Gasteiger partial charge in [-0.25, -0.2) is 4.79 Å². The summed E-state index contributed by atoms with van der Waals surface area (Å²) >= 11 is 0. The molecule has 1 N–H and O–H groups in total. The molecule has 0 spiro atoms. The summed E-state index contributed by atoms with van der Waals surface area (Å²) in [7, 11) is 1.66. The number of nitrogens with one attached hydrogen (secondary N) is 1. The van der Waals surface area contributed by atoms with Gasteiger partial charge < -0.3 is 19.2 Å². The number of carbonyl (C=O) groups excluding carboxylic acids is 2. The van der Waals surface area contributed by atoms with Crippen molar-refractivity contribution in [2.45, 2.75) is 45.8 Å². The highest BCUT2D eigenvalue weighted by Gasteiger charge is 2.55. The number of amides is 3. The van der Waals surface area contributed by atoms with Crippen LogP contribution >= 0.6 is 0 Å². The average Bonchev–Trinajstić information content (AvgIpc) is 3.34. The maximum Gasteiger partial charge on any atom is 0.325 e. The zero-order chi connectivity index (χ0) is 21.5. The Hall–Kier alpha value is -2.80. The molecule has 4 rings (SSSR count). The fourth-order valence-corrected chi connectivity index (χ4v) is 4.14. The highest BCUT2D eigenvalue weighted by atomic mass is 16.5. The van der Waals surface area contributed by atoms with Crippen LogP contribution in [0.3, 0.4) is 0 Å². The van der Waals surface area contributed by atoms with Crippen LogP contribution in [0.5, 0.6) is 5.75 Å². The smallest absolute Gasteiger partial charge is 0.325 e. The molecule has 2 heterocycles. The third-order valence-electron chi connectivity index (χ3n) is 6.06. The summed E-state index contributed by atoms with van der Waals surface area (Å²) in [6.07, 6.45) is 1.84. The molecule has 30 heavy (non-hydrogen) atoms. The SMILES string of the molecule is COCc1cccc(OCC2(CN3C(=O)NC(C)(c4cc(C)oc4C)C3=O)CC2)c1. The Labute approximate surface area is 176 Å². The highest BCUT2D eigenvalue weighted by Crippen LogP contribution is 2.48. The molecule has 160 valence electrons. The number of ether oxygens (including phenoxy) is 2. The van der Waals surface area contributed by atoms with Crippen LogP contribution < -0.4 is 10.1 Å². The monoisotopic (exact) mass is 412 g/mol. The molecular formula is C23H28N2O5. The van der Waals surface area contributed by atoms with Crippen molar-refractivity contribution < 1.29 is 23.5 Å². The van der Waals surface area contributed by atoms with E-state index in [9.17, 15) is 9.59 Å². The maximum absolute atomic E-state index is 13.2. The van der Waals surface area contributed by atoms with E-state index in [2.05, 4.69) is 5.32 Å². The largest absolute Gasteiger partial charge is 0.493 e. The Bertz CT molecular complexity index is 978. The summed E-state index contributed by atoms with van der Waals surface area (Å²) in [4.78, 5) is 27.3. The zero-order valence-corrected chi connectivity index (χ0v) is 17.9. The Morgan fingerprint density at radius 2 is 1.97 bits per heavy atom. The first kappa shape index (κ1) is 20.5. The molecule has 1 aliphatic carbocycles. The zero-order valence-electron chi connectivity index (χ0n) is 17.9. The van der Waals surface area contributed by atoms with Gasteiger partial charge in [0, 0.05) is 24.6 Å². The van der Waals surface area contributed by atoms with Gasteiger partial charge in [0.25, 0.3) is 5.91 Å². The van der Waals surface area contributed by atoms with Crippen molar-refractivity contribution in [1.29, 1.82) is 0 Å². The van der Waals surface area contributed by atoms with Crippen LogP contribution in [-0.4, -0.2) is 37.1 Å². The minimum atomic E-state index is -1.11. The first-order chi connectivity index (χ1) is 14.3. The van der Waals surface area contributed by atoms with E-state index in [4.69, 9.17) is 13.9 Å². The first-order valence-corrected chi connectivity index (χ1v) is 10.2. The van der Waals surface area contributed by atoms with Crippen molar-refractivity contribution in [1.82, 2.24) is 10.2 Å². The standard InChI is InChI=1S/C23H28N2O5/c1-15-10-19(16(2)30-15)22(3)20(26)25(21(27)24-22)13-23(8-9-23)14-29-18-7-5-6-17(11-18)12-28-4/h5-7,10-11H,8-9,12-14H2,1-4H3,(H,24,27). The van der Waals surface area contributed by atoms with Crippen molar-refractivity contribution in [2.24, 2.45) is 5.41 Å². The summed E-state index contributed by atoms with van der Waals surface area (Å²) < 4.78 is 16.8. The number of nitrogens with zero attached hydrogens (tertiary/aromatic N) is 1. The number of methoxy groups -OCH3 is 1. The van der Waals surface area contributed by atoms with Gasteiger partial charge in [0.05, 0.1) is 13.2 Å². The van der Waals surface area contributed by atoms with Crippen LogP contribution in [-0.2, 0) is 21.7 Å². The fraction of sp³-hybridized carbons (Fsp3) is 0.478. The third kappa shape index (κ3) is 3.69. The van der Waals surface area contributed by atoms with E-state index in [1.54, 1.807) is 14.0 Å². The average molecular weight is 412 g/mol. The number of benzene rings is 1. The van der Waals surface area contributed by atoms with Crippen LogP contribution in [0.4, 0.5) is 4.79 Å². The molecule has 1 aliphatic heterocycles. The lowest BCUT2D eigenvalue weighted by atomic mass is 9.92. The van der Waals surface area contributed by atoms with Gasteiger partial charge in [-0.15, -0.1) is 0 Å². The van der Waals surface area contributed by atoms with Gasteiger partial charge in [0.2, 0.25) is 0 Å². The Balaban J connectivity index is 1.45. The molecule has 2 fully saturated rings. The number of hydrogen-bond donors (Lipinski definition) is 1. The Kier molecular flexibility index (Phi) is 5.10. The molecule has 7 heteroatoms. The van der Waals surface area contributed by atoms with E-state index in [1.165, 1.54) is 4.90 Å². The molecule has 1 aromatic carbocycles. The molecule has 1 atom stereocenters. The first-order valence-electron chi connectivity index (χ1n) is 10.2. The Morgan fingerprint density at radius 3 is 2.60 bits per heavy atom. The summed E-state index contributed by atoms with van der Waals surface area (Å²) in [5.74, 6) is 1.88. The second kappa shape index (κ2) is 7.47. The van der Waals surface area contributed by atoms with Gasteiger partial charge in [-0.05, 0) is 57.4 Å².